The molecule has 0 unspecified atom stereocenters. The third-order valence-corrected chi connectivity index (χ3v) is 6.96. The fourth-order valence-corrected chi connectivity index (χ4v) is 5.04. The van der Waals surface area contributed by atoms with Gasteiger partial charge in [-0.1, -0.05) is 37.6 Å². The van der Waals surface area contributed by atoms with Gasteiger partial charge in [-0.05, 0) is 66.8 Å². The SMILES string of the molecule is CC(C)C(=O)Nc1ccc(N2C(=S)N[C@@H](c3ccccn3)[C@@H]2c2cccn2Cc2ccccn2)cc1Cl. The van der Waals surface area contributed by atoms with Crippen LogP contribution in [0.4, 0.5) is 11.4 Å². The van der Waals surface area contributed by atoms with Gasteiger partial charge in [0.1, 0.15) is 6.04 Å². The van der Waals surface area contributed by atoms with Crippen LogP contribution in [0.25, 0.3) is 0 Å². The summed E-state index contributed by atoms with van der Waals surface area (Å²) in [5, 5.41) is 7.39. The van der Waals surface area contributed by atoms with Gasteiger partial charge in [0.05, 0.1) is 34.7 Å². The van der Waals surface area contributed by atoms with Crippen molar-refractivity contribution in [1.29, 1.82) is 0 Å². The van der Waals surface area contributed by atoms with Gasteiger partial charge >= 0.3 is 0 Å². The fourth-order valence-electron chi connectivity index (χ4n) is 4.47. The second kappa shape index (κ2) is 10.7. The Hall–Kier alpha value is -3.75. The molecule has 188 valence electrons. The first-order chi connectivity index (χ1) is 17.9. The molecule has 2 N–H and O–H groups in total. The summed E-state index contributed by atoms with van der Waals surface area (Å²) in [4.78, 5) is 23.4. The van der Waals surface area contributed by atoms with Crippen molar-refractivity contribution in [2.75, 3.05) is 10.2 Å². The number of carbonyl (C=O) groups is 1. The molecule has 1 amide bonds. The summed E-state index contributed by atoms with van der Waals surface area (Å²) in [7, 11) is 0. The van der Waals surface area contributed by atoms with Gasteiger partial charge in [-0.25, -0.2) is 0 Å². The number of aromatic nitrogens is 3. The molecule has 7 nitrogen and oxygen atoms in total. The largest absolute Gasteiger partial charge is 0.351 e. The standard InChI is InChI=1S/C28H27ClN6OS/c1-18(2)27(36)32-22-12-11-20(16-21(22)29)35-26(25(33-28(35)37)23-9-4-6-14-31-23)24-10-7-15-34(24)17-19-8-3-5-13-30-19/h3-16,18,25-26H,17H2,1-2H3,(H,32,36)(H,33,37)/t25-,26-/m0/s1. The van der Waals surface area contributed by atoms with E-state index in [9.17, 15) is 4.79 Å². The number of rotatable bonds is 7. The van der Waals surface area contributed by atoms with Crippen LogP contribution in [0.5, 0.6) is 0 Å². The van der Waals surface area contributed by atoms with Gasteiger partial charge in [-0.3, -0.25) is 14.8 Å². The first kappa shape index (κ1) is 24.9. The van der Waals surface area contributed by atoms with E-state index in [1.165, 1.54) is 0 Å². The van der Waals surface area contributed by atoms with Gasteiger partial charge in [0.25, 0.3) is 0 Å². The first-order valence-electron chi connectivity index (χ1n) is 12.1. The second-order valence-electron chi connectivity index (χ2n) is 9.19. The van der Waals surface area contributed by atoms with Crippen LogP contribution in [0.2, 0.25) is 5.02 Å². The van der Waals surface area contributed by atoms with E-state index < -0.39 is 0 Å². The normalized spacial score (nSPS) is 17.2. The van der Waals surface area contributed by atoms with Crippen LogP contribution < -0.4 is 15.5 Å². The van der Waals surface area contributed by atoms with Gasteiger partial charge in [-0.15, -0.1) is 0 Å². The Labute approximate surface area is 226 Å². The van der Waals surface area contributed by atoms with Crippen LogP contribution in [0.3, 0.4) is 0 Å². The highest BCUT2D eigenvalue weighted by atomic mass is 35.5. The maximum absolute atomic E-state index is 12.2. The lowest BCUT2D eigenvalue weighted by molar-refractivity contribution is -0.118. The molecule has 1 aliphatic heterocycles. The molecule has 5 rings (SSSR count). The fraction of sp³-hybridized carbons (Fsp3) is 0.214. The molecule has 0 radical (unpaired) electrons. The molecule has 0 saturated carbocycles. The van der Waals surface area contributed by atoms with E-state index in [1.807, 2.05) is 74.5 Å². The van der Waals surface area contributed by atoms with Crippen LogP contribution >= 0.6 is 23.8 Å². The van der Waals surface area contributed by atoms with Gasteiger partial charge < -0.3 is 20.1 Å². The molecule has 1 saturated heterocycles. The van der Waals surface area contributed by atoms with Crippen LogP contribution in [0.1, 0.15) is 43.0 Å². The highest BCUT2D eigenvalue weighted by molar-refractivity contribution is 7.80. The van der Waals surface area contributed by atoms with Crippen LogP contribution in [0, 0.1) is 5.92 Å². The number of amides is 1. The smallest absolute Gasteiger partial charge is 0.226 e. The van der Waals surface area contributed by atoms with Crippen molar-refractivity contribution in [3.05, 3.63) is 107 Å². The summed E-state index contributed by atoms with van der Waals surface area (Å²) in [5.41, 5.74) is 4.29. The maximum Gasteiger partial charge on any atom is 0.226 e. The lowest BCUT2D eigenvalue weighted by Gasteiger charge is -2.29. The molecule has 1 fully saturated rings. The van der Waals surface area contributed by atoms with Crippen molar-refractivity contribution in [2.45, 2.75) is 32.5 Å². The van der Waals surface area contributed by atoms with Gasteiger partial charge in [0, 0.05) is 35.9 Å². The summed E-state index contributed by atoms with van der Waals surface area (Å²) < 4.78 is 2.18. The Kier molecular flexibility index (Phi) is 7.21. The van der Waals surface area contributed by atoms with E-state index >= 15 is 0 Å². The molecule has 37 heavy (non-hydrogen) atoms. The third-order valence-electron chi connectivity index (χ3n) is 6.34. The minimum atomic E-state index is -0.201. The van der Waals surface area contributed by atoms with Crippen LogP contribution in [0.15, 0.2) is 85.3 Å². The Morgan fingerprint density at radius 3 is 2.54 bits per heavy atom. The van der Waals surface area contributed by atoms with Crippen molar-refractivity contribution in [2.24, 2.45) is 5.92 Å². The number of benzene rings is 1. The zero-order chi connectivity index (χ0) is 25.9. The highest BCUT2D eigenvalue weighted by Gasteiger charge is 2.42. The van der Waals surface area contributed by atoms with E-state index in [-0.39, 0.29) is 23.9 Å². The summed E-state index contributed by atoms with van der Waals surface area (Å²) in [6.07, 6.45) is 5.64. The number of thiocarbonyl (C=S) groups is 1. The summed E-state index contributed by atoms with van der Waals surface area (Å²) in [6.45, 7) is 4.30. The number of carbonyl (C=O) groups excluding carboxylic acids is 1. The van der Waals surface area contributed by atoms with E-state index in [2.05, 4.69) is 42.3 Å². The average molecular weight is 531 g/mol. The van der Waals surface area contributed by atoms with Crippen molar-refractivity contribution in [1.82, 2.24) is 19.9 Å². The molecule has 0 bridgehead atoms. The molecule has 4 heterocycles. The summed E-state index contributed by atoms with van der Waals surface area (Å²) in [6, 6.07) is 21.1. The van der Waals surface area contributed by atoms with E-state index in [0.717, 1.165) is 22.8 Å². The topological polar surface area (TPSA) is 75.1 Å². The molecule has 3 aromatic heterocycles. The highest BCUT2D eigenvalue weighted by Crippen LogP contribution is 2.43. The zero-order valence-corrected chi connectivity index (χ0v) is 22.1. The number of halogens is 1. The third kappa shape index (κ3) is 5.21. The molecule has 0 spiro atoms. The Bertz CT molecular complexity index is 1410. The quantitative estimate of drug-likeness (QED) is 0.296. The van der Waals surface area contributed by atoms with E-state index in [0.29, 0.717) is 22.4 Å². The first-order valence-corrected chi connectivity index (χ1v) is 12.9. The number of hydrogen-bond acceptors (Lipinski definition) is 4. The molecule has 4 aromatic rings. The predicted molar refractivity (Wildman–Crippen MR) is 151 cm³/mol. The van der Waals surface area contributed by atoms with Gasteiger partial charge in [0.2, 0.25) is 5.91 Å². The van der Waals surface area contributed by atoms with Crippen molar-refractivity contribution in [3.8, 4) is 0 Å². The van der Waals surface area contributed by atoms with E-state index in [4.69, 9.17) is 23.8 Å². The van der Waals surface area contributed by atoms with E-state index in [1.54, 1.807) is 12.4 Å². The maximum atomic E-state index is 12.2. The summed E-state index contributed by atoms with van der Waals surface area (Å²) >= 11 is 12.5. The predicted octanol–water partition coefficient (Wildman–Crippen LogP) is 5.75. The van der Waals surface area contributed by atoms with Gasteiger partial charge in [-0.2, -0.15) is 0 Å². The van der Waals surface area contributed by atoms with Crippen LogP contribution in [-0.4, -0.2) is 25.6 Å². The number of anilines is 2. The Morgan fingerprint density at radius 2 is 1.86 bits per heavy atom. The Morgan fingerprint density at radius 1 is 1.08 bits per heavy atom. The monoisotopic (exact) mass is 530 g/mol. The van der Waals surface area contributed by atoms with Crippen LogP contribution in [-0.2, 0) is 11.3 Å². The molecular formula is C28H27ClN6OS. The van der Waals surface area contributed by atoms with Gasteiger partial charge in [0.15, 0.2) is 5.11 Å². The lowest BCUT2D eigenvalue weighted by Crippen LogP contribution is -2.30. The number of hydrogen-bond donors (Lipinski definition) is 2. The Balaban J connectivity index is 1.55. The molecular weight excluding hydrogens is 504 g/mol. The average Bonchev–Trinajstić information content (AvgIpc) is 3.49. The summed E-state index contributed by atoms with van der Waals surface area (Å²) in [5.74, 6) is -0.241. The molecule has 0 aliphatic carbocycles. The molecule has 1 aromatic carbocycles. The van der Waals surface area contributed by atoms with Crippen molar-refractivity contribution >= 4 is 46.2 Å². The minimum Gasteiger partial charge on any atom is -0.351 e. The molecule has 1 aliphatic rings. The number of pyridine rings is 2. The molecule has 2 atom stereocenters. The minimum absolute atomic E-state index is 0.0894. The zero-order valence-electron chi connectivity index (χ0n) is 20.5. The number of nitrogens with one attached hydrogen (secondary N) is 2. The second-order valence-corrected chi connectivity index (χ2v) is 9.98. The molecule has 9 heteroatoms. The van der Waals surface area contributed by atoms with Crippen molar-refractivity contribution < 1.29 is 4.79 Å². The lowest BCUT2D eigenvalue weighted by atomic mass is 10.0. The van der Waals surface area contributed by atoms with Crippen molar-refractivity contribution in [3.63, 3.8) is 0 Å². The number of nitrogens with zero attached hydrogens (tertiary/aromatic N) is 4.